The number of carbonyl (C=O) groups is 1. The second-order valence-corrected chi connectivity index (χ2v) is 8.10. The summed E-state index contributed by atoms with van der Waals surface area (Å²) >= 11 is 0. The largest absolute Gasteiger partial charge is 0.433 e. The number of aromatic nitrogens is 2. The molecule has 0 radical (unpaired) electrons. The zero-order valence-corrected chi connectivity index (χ0v) is 19.1. The van der Waals surface area contributed by atoms with E-state index in [1.807, 2.05) is 13.0 Å². The summed E-state index contributed by atoms with van der Waals surface area (Å²) in [5, 5.41) is 5.98. The number of rotatable bonds is 8. The molecule has 9 heteroatoms. The Morgan fingerprint density at radius 2 is 1.74 bits per heavy atom. The Kier molecular flexibility index (Phi) is 7.98. The minimum absolute atomic E-state index is 0.273. The maximum absolute atomic E-state index is 13.9. The van der Waals surface area contributed by atoms with E-state index in [2.05, 4.69) is 20.6 Å². The van der Waals surface area contributed by atoms with Crippen LogP contribution in [0.5, 0.6) is 0 Å². The molecular weight excluding hydrogens is 448 g/mol. The van der Waals surface area contributed by atoms with Crippen molar-refractivity contribution in [3.8, 4) is 0 Å². The quantitative estimate of drug-likeness (QED) is 0.451. The number of carbonyl (C=O) groups excluding carboxylic acids is 1. The van der Waals surface area contributed by atoms with Crippen LogP contribution < -0.4 is 10.6 Å². The van der Waals surface area contributed by atoms with Crippen LogP contribution in [0.25, 0.3) is 0 Å². The number of aryl methyl sites for hydroxylation is 3. The van der Waals surface area contributed by atoms with Crippen LogP contribution in [0, 0.1) is 19.7 Å². The molecule has 0 saturated heterocycles. The molecule has 3 aromatic rings. The molecule has 0 unspecified atom stereocenters. The Morgan fingerprint density at radius 1 is 1.00 bits per heavy atom. The third kappa shape index (κ3) is 6.38. The number of nitrogens with one attached hydrogen (secondary N) is 2. The summed E-state index contributed by atoms with van der Waals surface area (Å²) in [7, 11) is 1.53. The highest BCUT2D eigenvalue weighted by atomic mass is 19.4. The van der Waals surface area contributed by atoms with Crippen LogP contribution >= 0.6 is 0 Å². The minimum Gasteiger partial charge on any atom is -0.358 e. The number of pyridine rings is 2. The summed E-state index contributed by atoms with van der Waals surface area (Å²) in [5.74, 6) is -0.620. The molecule has 0 aliphatic carbocycles. The predicted octanol–water partition coefficient (Wildman–Crippen LogP) is 5.00. The molecule has 180 valence electrons. The van der Waals surface area contributed by atoms with Crippen molar-refractivity contribution in [2.45, 2.75) is 44.9 Å². The minimum atomic E-state index is -4.50. The van der Waals surface area contributed by atoms with Crippen molar-refractivity contribution in [1.82, 2.24) is 20.6 Å². The van der Waals surface area contributed by atoms with Crippen molar-refractivity contribution in [3.05, 3.63) is 94.3 Å². The highest BCUT2D eigenvalue weighted by Gasteiger charge is 2.32. The van der Waals surface area contributed by atoms with Crippen LogP contribution in [0.1, 0.15) is 52.1 Å². The van der Waals surface area contributed by atoms with E-state index in [1.54, 1.807) is 31.3 Å². The fraction of sp³-hybridized carbons (Fsp3) is 0.320. The fourth-order valence-corrected chi connectivity index (χ4v) is 3.60. The van der Waals surface area contributed by atoms with Gasteiger partial charge in [0.25, 0.3) is 0 Å². The van der Waals surface area contributed by atoms with E-state index in [0.29, 0.717) is 29.5 Å². The van der Waals surface area contributed by atoms with Crippen LogP contribution in [0.3, 0.4) is 0 Å². The molecule has 2 N–H and O–H groups in total. The monoisotopic (exact) mass is 474 g/mol. The first-order chi connectivity index (χ1) is 16.1. The molecule has 0 spiro atoms. The lowest BCUT2D eigenvalue weighted by atomic mass is 9.96. The average molecular weight is 475 g/mol. The number of hydrogen-bond acceptors (Lipinski definition) is 4. The Labute approximate surface area is 195 Å². The van der Waals surface area contributed by atoms with Crippen molar-refractivity contribution in [3.63, 3.8) is 0 Å². The molecule has 2 aromatic heterocycles. The number of hydrogen-bond donors (Lipinski definition) is 2. The first-order valence-corrected chi connectivity index (χ1v) is 10.8. The number of benzene rings is 1. The Balaban J connectivity index is 1.88. The highest BCUT2D eigenvalue weighted by Crippen LogP contribution is 2.29. The van der Waals surface area contributed by atoms with Crippen molar-refractivity contribution in [2.24, 2.45) is 0 Å². The van der Waals surface area contributed by atoms with Crippen molar-refractivity contribution < 1.29 is 22.4 Å². The van der Waals surface area contributed by atoms with Crippen molar-refractivity contribution in [1.29, 1.82) is 0 Å². The van der Waals surface area contributed by atoms with Gasteiger partial charge in [0.1, 0.15) is 17.6 Å². The van der Waals surface area contributed by atoms with E-state index in [-0.39, 0.29) is 11.7 Å². The van der Waals surface area contributed by atoms with Gasteiger partial charge in [-0.2, -0.15) is 13.2 Å². The first kappa shape index (κ1) is 25.3. The van der Waals surface area contributed by atoms with Gasteiger partial charge in [0, 0.05) is 31.2 Å². The van der Waals surface area contributed by atoms with Crippen LogP contribution in [-0.4, -0.2) is 22.9 Å². The highest BCUT2D eigenvalue weighted by molar-refractivity contribution is 5.82. The number of likely N-dealkylation sites (N-methyl/N-ethyl adjacent to an activating group) is 1. The van der Waals surface area contributed by atoms with Gasteiger partial charge in [0.2, 0.25) is 5.91 Å². The SMILES string of the molecule is CNC(=O)[C@@H](N[C@H](CCc1ccc(C(F)(F)F)nc1)c1ccc(F)c(C)c1)c1ccc(C)nc1. The van der Waals surface area contributed by atoms with E-state index < -0.39 is 24.0 Å². The van der Waals surface area contributed by atoms with Gasteiger partial charge in [-0.1, -0.05) is 24.3 Å². The summed E-state index contributed by atoms with van der Waals surface area (Å²) in [6, 6.07) is 9.52. The standard InChI is InChI=1S/C25H26F4N4O/c1-15-12-18(8-9-20(15)26)21(10-5-17-6-11-22(32-13-17)25(27,28)29)33-23(24(34)30-3)19-7-4-16(2)31-14-19/h4,6-9,11-14,21,23,33H,5,10H2,1-3H3,(H,30,34)/t21-,23+/m1/s1. The van der Waals surface area contributed by atoms with Crippen LogP contribution in [0.15, 0.2) is 54.9 Å². The molecule has 0 saturated carbocycles. The van der Waals surface area contributed by atoms with Gasteiger partial charge in [-0.15, -0.1) is 0 Å². The third-order valence-corrected chi connectivity index (χ3v) is 5.57. The number of amides is 1. The average Bonchev–Trinajstić information content (AvgIpc) is 2.81. The molecule has 1 amide bonds. The molecule has 0 aliphatic heterocycles. The van der Waals surface area contributed by atoms with Gasteiger partial charge in [-0.25, -0.2) is 4.39 Å². The normalized spacial score (nSPS) is 13.4. The summed E-state index contributed by atoms with van der Waals surface area (Å²) in [4.78, 5) is 20.5. The zero-order chi connectivity index (χ0) is 24.9. The summed E-state index contributed by atoms with van der Waals surface area (Å²) < 4.78 is 52.4. The summed E-state index contributed by atoms with van der Waals surface area (Å²) in [5.41, 5.74) is 2.34. The van der Waals surface area contributed by atoms with Gasteiger partial charge in [0.15, 0.2) is 0 Å². The number of halogens is 4. The molecule has 2 heterocycles. The number of alkyl halides is 3. The lowest BCUT2D eigenvalue weighted by molar-refractivity contribution is -0.141. The second-order valence-electron chi connectivity index (χ2n) is 8.10. The third-order valence-electron chi connectivity index (χ3n) is 5.57. The van der Waals surface area contributed by atoms with E-state index in [4.69, 9.17) is 0 Å². The summed E-state index contributed by atoms with van der Waals surface area (Å²) in [6.45, 7) is 3.49. The molecular formula is C25H26F4N4O. The first-order valence-electron chi connectivity index (χ1n) is 10.8. The second kappa shape index (κ2) is 10.7. The van der Waals surface area contributed by atoms with Gasteiger partial charge in [-0.3, -0.25) is 20.1 Å². The maximum atomic E-state index is 13.9. The van der Waals surface area contributed by atoms with Crippen LogP contribution in [-0.2, 0) is 17.4 Å². The number of nitrogens with zero attached hydrogens (tertiary/aromatic N) is 2. The Bertz CT molecular complexity index is 1120. The zero-order valence-electron chi connectivity index (χ0n) is 19.1. The van der Waals surface area contributed by atoms with Gasteiger partial charge in [-0.05, 0) is 67.1 Å². The smallest absolute Gasteiger partial charge is 0.358 e. The van der Waals surface area contributed by atoms with E-state index >= 15 is 0 Å². The van der Waals surface area contributed by atoms with Crippen molar-refractivity contribution >= 4 is 5.91 Å². The molecule has 2 atom stereocenters. The molecule has 5 nitrogen and oxygen atoms in total. The lowest BCUT2D eigenvalue weighted by Gasteiger charge is -2.26. The van der Waals surface area contributed by atoms with Crippen LogP contribution in [0.4, 0.5) is 17.6 Å². The van der Waals surface area contributed by atoms with Gasteiger partial charge in [0.05, 0.1) is 0 Å². The predicted molar refractivity (Wildman–Crippen MR) is 120 cm³/mol. The molecule has 3 rings (SSSR count). The molecule has 0 fully saturated rings. The Morgan fingerprint density at radius 3 is 2.29 bits per heavy atom. The lowest BCUT2D eigenvalue weighted by Crippen LogP contribution is -2.38. The maximum Gasteiger partial charge on any atom is 0.433 e. The van der Waals surface area contributed by atoms with Crippen LogP contribution in [0.2, 0.25) is 0 Å². The van der Waals surface area contributed by atoms with E-state index in [9.17, 15) is 22.4 Å². The van der Waals surface area contributed by atoms with Gasteiger partial charge >= 0.3 is 6.18 Å². The molecule has 1 aromatic carbocycles. The van der Waals surface area contributed by atoms with Gasteiger partial charge < -0.3 is 5.32 Å². The fourth-order valence-electron chi connectivity index (χ4n) is 3.60. The van der Waals surface area contributed by atoms with E-state index in [1.165, 1.54) is 25.4 Å². The molecule has 34 heavy (non-hydrogen) atoms. The Hall–Kier alpha value is -3.33. The molecule has 0 bridgehead atoms. The topological polar surface area (TPSA) is 66.9 Å². The van der Waals surface area contributed by atoms with Crippen molar-refractivity contribution in [2.75, 3.05) is 7.05 Å². The van der Waals surface area contributed by atoms with E-state index in [0.717, 1.165) is 17.3 Å². The molecule has 0 aliphatic rings. The summed E-state index contributed by atoms with van der Waals surface area (Å²) in [6.07, 6.45) is -0.848.